The lowest BCUT2D eigenvalue weighted by molar-refractivity contribution is 0.0179. The Balaban J connectivity index is 0.00000364. The van der Waals surface area contributed by atoms with Gasteiger partial charge in [0, 0.05) is 37.8 Å². The zero-order valence-electron chi connectivity index (χ0n) is 16.2. The van der Waals surface area contributed by atoms with Crippen LogP contribution in [0.3, 0.4) is 0 Å². The average molecular weight is 511 g/mol. The summed E-state index contributed by atoms with van der Waals surface area (Å²) in [5, 5.41) is 7.37. The lowest BCUT2D eigenvalue weighted by Gasteiger charge is -2.34. The first-order chi connectivity index (χ1) is 12.7. The molecule has 1 aromatic rings. The number of aliphatic imine (C=N–C) groups is 1. The highest BCUT2D eigenvalue weighted by molar-refractivity contribution is 14.0. The van der Waals surface area contributed by atoms with Gasteiger partial charge in [-0.2, -0.15) is 0 Å². The number of nitrogens with one attached hydrogen (secondary N) is 2. The van der Waals surface area contributed by atoms with Gasteiger partial charge in [0.15, 0.2) is 5.96 Å². The number of rotatable bonds is 9. The summed E-state index contributed by atoms with van der Waals surface area (Å²) in [6, 6.07) is 8.24. The van der Waals surface area contributed by atoms with Crippen molar-refractivity contribution in [1.82, 2.24) is 15.5 Å². The van der Waals surface area contributed by atoms with Gasteiger partial charge in [-0.1, -0.05) is 23.7 Å². The van der Waals surface area contributed by atoms with Gasteiger partial charge in [0.25, 0.3) is 0 Å². The topological polar surface area (TPSA) is 58.1 Å². The molecule has 0 saturated carbocycles. The van der Waals surface area contributed by atoms with Gasteiger partial charge in [-0.3, -0.25) is 9.89 Å². The zero-order chi connectivity index (χ0) is 18.6. The number of benzene rings is 1. The molecule has 0 aliphatic carbocycles. The van der Waals surface area contributed by atoms with E-state index in [0.717, 1.165) is 57.0 Å². The molecular formula is C19H32ClIN4O2. The summed E-state index contributed by atoms with van der Waals surface area (Å²) in [5.41, 5.74) is 1.19. The SMILES string of the molecule is CCNC(=NCC(c1cccc(Cl)c1)N1CCOCC1)NCCOCC.I. The van der Waals surface area contributed by atoms with Crippen LogP contribution in [0.5, 0.6) is 0 Å². The van der Waals surface area contributed by atoms with Crippen LogP contribution < -0.4 is 10.6 Å². The Morgan fingerprint density at radius 3 is 2.74 bits per heavy atom. The Morgan fingerprint density at radius 2 is 2.07 bits per heavy atom. The molecule has 1 fully saturated rings. The molecule has 6 nitrogen and oxygen atoms in total. The average Bonchev–Trinajstić information content (AvgIpc) is 2.66. The second-order valence-electron chi connectivity index (χ2n) is 6.06. The quantitative estimate of drug-likeness (QED) is 0.232. The molecule has 0 amide bonds. The summed E-state index contributed by atoms with van der Waals surface area (Å²) >= 11 is 6.22. The molecule has 8 heteroatoms. The summed E-state index contributed by atoms with van der Waals surface area (Å²) < 4.78 is 10.9. The summed E-state index contributed by atoms with van der Waals surface area (Å²) in [7, 11) is 0. The highest BCUT2D eigenvalue weighted by atomic mass is 127. The van der Waals surface area contributed by atoms with Crippen molar-refractivity contribution in [2.24, 2.45) is 4.99 Å². The van der Waals surface area contributed by atoms with Gasteiger partial charge in [0.05, 0.1) is 32.4 Å². The second-order valence-corrected chi connectivity index (χ2v) is 6.50. The highest BCUT2D eigenvalue weighted by Crippen LogP contribution is 2.24. The first-order valence-electron chi connectivity index (χ1n) is 9.41. The van der Waals surface area contributed by atoms with E-state index in [9.17, 15) is 0 Å². The third-order valence-electron chi connectivity index (χ3n) is 4.23. The second kappa shape index (κ2) is 14.4. The van der Waals surface area contributed by atoms with Gasteiger partial charge in [-0.05, 0) is 31.5 Å². The Hall–Kier alpha value is -0.610. The lowest BCUT2D eigenvalue weighted by atomic mass is 10.0. The number of nitrogens with zero attached hydrogens (tertiary/aromatic N) is 2. The molecule has 1 aromatic carbocycles. The summed E-state index contributed by atoms with van der Waals surface area (Å²) in [6.07, 6.45) is 0. The minimum Gasteiger partial charge on any atom is -0.380 e. The standard InChI is InChI=1S/C19H31ClN4O2.HI/c1-3-21-19(22-8-11-25-4-2)23-15-18(24-9-12-26-13-10-24)16-6-5-7-17(20)14-16;/h5-7,14,18H,3-4,8-13,15H2,1-2H3,(H2,21,22,23);1H. The molecule has 0 radical (unpaired) electrons. The summed E-state index contributed by atoms with van der Waals surface area (Å²) in [5.74, 6) is 0.812. The fourth-order valence-electron chi connectivity index (χ4n) is 2.94. The minimum absolute atomic E-state index is 0. The molecule has 0 bridgehead atoms. The van der Waals surface area contributed by atoms with Gasteiger partial charge in [-0.25, -0.2) is 0 Å². The van der Waals surface area contributed by atoms with Crippen LogP contribution in [0.2, 0.25) is 5.02 Å². The van der Waals surface area contributed by atoms with Crippen molar-refractivity contribution in [3.63, 3.8) is 0 Å². The smallest absolute Gasteiger partial charge is 0.191 e. The van der Waals surface area contributed by atoms with Gasteiger partial charge in [0.2, 0.25) is 0 Å². The lowest BCUT2D eigenvalue weighted by Crippen LogP contribution is -2.42. The number of hydrogen-bond acceptors (Lipinski definition) is 4. The number of ether oxygens (including phenoxy) is 2. The maximum Gasteiger partial charge on any atom is 0.191 e. The van der Waals surface area contributed by atoms with Crippen LogP contribution in [0.25, 0.3) is 0 Å². The van der Waals surface area contributed by atoms with Crippen molar-refractivity contribution in [1.29, 1.82) is 0 Å². The van der Waals surface area contributed by atoms with Crippen LogP contribution in [0.4, 0.5) is 0 Å². The fourth-order valence-corrected chi connectivity index (χ4v) is 3.14. The zero-order valence-corrected chi connectivity index (χ0v) is 19.3. The summed E-state index contributed by atoms with van der Waals surface area (Å²) in [4.78, 5) is 7.23. The maximum absolute atomic E-state index is 6.22. The third kappa shape index (κ3) is 8.95. The van der Waals surface area contributed by atoms with Crippen LogP contribution >= 0.6 is 35.6 Å². The molecule has 1 atom stereocenters. The molecule has 1 saturated heterocycles. The maximum atomic E-state index is 6.22. The van der Waals surface area contributed by atoms with E-state index in [0.29, 0.717) is 13.2 Å². The van der Waals surface area contributed by atoms with Crippen molar-refractivity contribution in [2.45, 2.75) is 19.9 Å². The Morgan fingerprint density at radius 1 is 1.30 bits per heavy atom. The van der Waals surface area contributed by atoms with E-state index in [2.05, 4.69) is 28.5 Å². The predicted molar refractivity (Wildman–Crippen MR) is 122 cm³/mol. The van der Waals surface area contributed by atoms with Crippen LogP contribution in [-0.2, 0) is 9.47 Å². The van der Waals surface area contributed by atoms with Crippen LogP contribution in [0.1, 0.15) is 25.5 Å². The first-order valence-corrected chi connectivity index (χ1v) is 9.79. The van der Waals surface area contributed by atoms with Gasteiger partial charge in [-0.15, -0.1) is 24.0 Å². The van der Waals surface area contributed by atoms with E-state index in [-0.39, 0.29) is 30.0 Å². The van der Waals surface area contributed by atoms with Crippen LogP contribution in [0, 0.1) is 0 Å². The molecule has 2 rings (SSSR count). The van der Waals surface area contributed by atoms with E-state index in [4.69, 9.17) is 26.1 Å². The van der Waals surface area contributed by atoms with Gasteiger partial charge in [0.1, 0.15) is 0 Å². The van der Waals surface area contributed by atoms with Crippen molar-refractivity contribution < 1.29 is 9.47 Å². The molecule has 0 spiro atoms. The molecule has 27 heavy (non-hydrogen) atoms. The number of guanidine groups is 1. The molecule has 1 heterocycles. The molecular weight excluding hydrogens is 479 g/mol. The van der Waals surface area contributed by atoms with E-state index < -0.39 is 0 Å². The third-order valence-corrected chi connectivity index (χ3v) is 4.46. The molecule has 0 aromatic heterocycles. The van der Waals surface area contributed by atoms with E-state index in [1.807, 2.05) is 25.1 Å². The Bertz CT molecular complexity index is 556. The molecule has 2 N–H and O–H groups in total. The molecule has 154 valence electrons. The molecule has 1 aliphatic heterocycles. The molecule has 1 unspecified atom stereocenters. The van der Waals surface area contributed by atoms with E-state index in [1.165, 1.54) is 5.56 Å². The fraction of sp³-hybridized carbons (Fsp3) is 0.632. The molecule has 1 aliphatic rings. The highest BCUT2D eigenvalue weighted by Gasteiger charge is 2.22. The number of halogens is 2. The monoisotopic (exact) mass is 510 g/mol. The van der Waals surface area contributed by atoms with Crippen molar-refractivity contribution in [3.05, 3.63) is 34.9 Å². The normalized spacial score (nSPS) is 16.5. The minimum atomic E-state index is 0. The van der Waals surface area contributed by atoms with E-state index in [1.54, 1.807) is 0 Å². The Labute approximate surface area is 185 Å². The van der Waals surface area contributed by atoms with E-state index >= 15 is 0 Å². The van der Waals surface area contributed by atoms with Crippen LogP contribution in [-0.4, -0.2) is 70.0 Å². The predicted octanol–water partition coefficient (Wildman–Crippen LogP) is 2.92. The Kier molecular flexibility index (Phi) is 13.0. The number of morpholine rings is 1. The van der Waals surface area contributed by atoms with Crippen molar-refractivity contribution in [2.75, 3.05) is 59.2 Å². The van der Waals surface area contributed by atoms with Gasteiger partial charge < -0.3 is 20.1 Å². The summed E-state index contributed by atoms with van der Waals surface area (Å²) in [6.45, 7) is 11.0. The van der Waals surface area contributed by atoms with Crippen LogP contribution in [0.15, 0.2) is 29.3 Å². The van der Waals surface area contributed by atoms with Gasteiger partial charge >= 0.3 is 0 Å². The number of hydrogen-bond donors (Lipinski definition) is 2. The largest absolute Gasteiger partial charge is 0.380 e. The first kappa shape index (κ1) is 24.4. The van der Waals surface area contributed by atoms with Crippen molar-refractivity contribution >= 4 is 41.5 Å². The van der Waals surface area contributed by atoms with Crippen molar-refractivity contribution in [3.8, 4) is 0 Å².